The maximum absolute atomic E-state index is 12.5. The van der Waals surface area contributed by atoms with Gasteiger partial charge in [-0.2, -0.15) is 13.2 Å². The summed E-state index contributed by atoms with van der Waals surface area (Å²) in [6, 6.07) is 3.94. The molecule has 1 atom stereocenters. The minimum atomic E-state index is -4.38. The van der Waals surface area contributed by atoms with Crippen molar-refractivity contribution in [2.24, 2.45) is 4.99 Å². The van der Waals surface area contributed by atoms with Gasteiger partial charge in [-0.05, 0) is 24.6 Å². The maximum atomic E-state index is 12.5. The van der Waals surface area contributed by atoms with Crippen molar-refractivity contribution in [1.82, 2.24) is 5.32 Å². The van der Waals surface area contributed by atoms with E-state index >= 15 is 0 Å². The Labute approximate surface area is 114 Å². The number of halogens is 3. The zero-order chi connectivity index (χ0) is 14.9. The van der Waals surface area contributed by atoms with Crippen LogP contribution < -0.4 is 5.32 Å². The molecule has 1 aliphatic heterocycles. The lowest BCUT2D eigenvalue weighted by Crippen LogP contribution is -2.20. The largest absolute Gasteiger partial charge is 0.416 e. The van der Waals surface area contributed by atoms with E-state index < -0.39 is 17.8 Å². The third-order valence-corrected chi connectivity index (χ3v) is 3.12. The number of benzene rings is 1. The van der Waals surface area contributed by atoms with Gasteiger partial charge in [0.2, 0.25) is 0 Å². The molecule has 1 aliphatic rings. The van der Waals surface area contributed by atoms with Crippen LogP contribution in [0.1, 0.15) is 24.1 Å². The van der Waals surface area contributed by atoms with Crippen LogP contribution in [-0.2, 0) is 11.0 Å². The predicted molar refractivity (Wildman–Crippen MR) is 69.4 cm³/mol. The number of nitrogens with zero attached hydrogens (tertiary/aromatic N) is 1. The molecular weight excluding hydrogens is 269 g/mol. The van der Waals surface area contributed by atoms with Crippen molar-refractivity contribution in [3.8, 4) is 0 Å². The lowest BCUT2D eigenvalue weighted by molar-refractivity contribution is -0.137. The van der Waals surface area contributed by atoms with Gasteiger partial charge in [0.1, 0.15) is 6.04 Å². The minimum absolute atomic E-state index is 0.187. The zero-order valence-corrected chi connectivity index (χ0v) is 11.0. The third-order valence-electron chi connectivity index (χ3n) is 3.12. The molecule has 0 unspecified atom stereocenters. The summed E-state index contributed by atoms with van der Waals surface area (Å²) in [5.41, 5.74) is 0.900. The number of aliphatic imine (C=N–C) groups is 1. The number of allylic oxidation sites excluding steroid dienone is 1. The molecule has 3 nitrogen and oxygen atoms in total. The number of alkyl halides is 3. The van der Waals surface area contributed by atoms with Gasteiger partial charge >= 0.3 is 6.18 Å². The summed E-state index contributed by atoms with van der Waals surface area (Å²) in [5, 5.41) is 2.97. The van der Waals surface area contributed by atoms with E-state index in [-0.39, 0.29) is 5.78 Å². The van der Waals surface area contributed by atoms with Gasteiger partial charge in [-0.3, -0.25) is 9.79 Å². The van der Waals surface area contributed by atoms with Crippen molar-refractivity contribution in [3.63, 3.8) is 0 Å². The van der Waals surface area contributed by atoms with Crippen molar-refractivity contribution in [1.29, 1.82) is 0 Å². The Bertz CT molecular complexity index is 585. The molecule has 0 amide bonds. The number of carbonyl (C=O) groups is 1. The van der Waals surface area contributed by atoms with Crippen molar-refractivity contribution < 1.29 is 18.0 Å². The Balaban J connectivity index is 2.25. The second-order valence-corrected chi connectivity index (χ2v) is 4.49. The average molecular weight is 282 g/mol. The van der Waals surface area contributed by atoms with Crippen LogP contribution in [0, 0.1) is 0 Å². The highest BCUT2D eigenvalue weighted by Crippen LogP contribution is 2.31. The van der Waals surface area contributed by atoms with Crippen LogP contribution in [0.2, 0.25) is 0 Å². The molecule has 106 valence electrons. The number of rotatable bonds is 2. The van der Waals surface area contributed by atoms with E-state index in [4.69, 9.17) is 0 Å². The molecule has 6 heteroatoms. The van der Waals surface area contributed by atoms with Crippen LogP contribution in [-0.4, -0.2) is 19.0 Å². The summed E-state index contributed by atoms with van der Waals surface area (Å²) >= 11 is 0. The molecular formula is C14H13F3N2O. The number of carbonyl (C=O) groups excluding carboxylic acids is 1. The van der Waals surface area contributed by atoms with Gasteiger partial charge < -0.3 is 5.32 Å². The summed E-state index contributed by atoms with van der Waals surface area (Å²) in [5.74, 6) is -0.187. The third kappa shape index (κ3) is 2.59. The van der Waals surface area contributed by atoms with Crippen molar-refractivity contribution in [2.45, 2.75) is 19.1 Å². The fourth-order valence-electron chi connectivity index (χ4n) is 2.09. The molecule has 1 aromatic rings. The molecule has 1 N–H and O–H groups in total. The van der Waals surface area contributed by atoms with Gasteiger partial charge in [-0.25, -0.2) is 0 Å². The molecule has 1 aromatic carbocycles. The van der Waals surface area contributed by atoms with Crippen LogP contribution in [0.15, 0.2) is 40.5 Å². The summed E-state index contributed by atoms with van der Waals surface area (Å²) in [6.45, 7) is 1.74. The van der Waals surface area contributed by atoms with E-state index in [0.717, 1.165) is 12.1 Å². The highest BCUT2D eigenvalue weighted by Gasteiger charge is 2.33. The Morgan fingerprint density at radius 1 is 1.25 bits per heavy atom. The van der Waals surface area contributed by atoms with Crippen LogP contribution in [0.25, 0.3) is 0 Å². The van der Waals surface area contributed by atoms with E-state index in [2.05, 4.69) is 10.3 Å². The normalized spacial score (nSPS) is 19.9. The topological polar surface area (TPSA) is 41.5 Å². The summed E-state index contributed by atoms with van der Waals surface area (Å²) in [6.07, 6.45) is -2.92. The number of Topliss-reactive ketones (excluding diaryl/α,β-unsaturated/α-hetero) is 1. The first-order valence-corrected chi connectivity index (χ1v) is 5.95. The van der Waals surface area contributed by atoms with Crippen molar-refractivity contribution >= 4 is 12.0 Å². The van der Waals surface area contributed by atoms with Gasteiger partial charge in [0, 0.05) is 19.0 Å². The van der Waals surface area contributed by atoms with Crippen LogP contribution in [0.3, 0.4) is 0 Å². The van der Waals surface area contributed by atoms with Crippen LogP contribution in [0.5, 0.6) is 0 Å². The van der Waals surface area contributed by atoms with E-state index in [1.165, 1.54) is 18.3 Å². The molecule has 20 heavy (non-hydrogen) atoms. The molecule has 1 heterocycles. The fourth-order valence-corrected chi connectivity index (χ4v) is 2.09. The minimum Gasteiger partial charge on any atom is -0.374 e. The van der Waals surface area contributed by atoms with Gasteiger partial charge in [0.15, 0.2) is 5.78 Å². The second kappa shape index (κ2) is 5.11. The van der Waals surface area contributed by atoms with Gasteiger partial charge in [-0.1, -0.05) is 12.1 Å². The summed E-state index contributed by atoms with van der Waals surface area (Å²) < 4.78 is 37.5. The number of ketones is 1. The number of hydrogen-bond acceptors (Lipinski definition) is 3. The SMILES string of the molecule is CN=CC1=C(C)N[C@H](c2ccc(C(F)(F)F)cc2)C1=O. The first kappa shape index (κ1) is 14.3. The van der Waals surface area contributed by atoms with Gasteiger partial charge in [0.25, 0.3) is 0 Å². The predicted octanol–water partition coefficient (Wildman–Crippen LogP) is 2.89. The average Bonchev–Trinajstić information content (AvgIpc) is 2.66. The Kier molecular flexibility index (Phi) is 3.65. The lowest BCUT2D eigenvalue weighted by atomic mass is 10.00. The monoisotopic (exact) mass is 282 g/mol. The molecule has 0 radical (unpaired) electrons. The van der Waals surface area contributed by atoms with Gasteiger partial charge in [0.05, 0.1) is 11.1 Å². The zero-order valence-electron chi connectivity index (χ0n) is 11.0. The first-order chi connectivity index (χ1) is 9.34. The van der Waals surface area contributed by atoms with E-state index in [0.29, 0.717) is 16.8 Å². The number of hydrogen-bond donors (Lipinski definition) is 1. The molecule has 0 fully saturated rings. The summed E-state index contributed by atoms with van der Waals surface area (Å²) in [7, 11) is 1.55. The standard InChI is InChI=1S/C14H13F3N2O/c1-8-11(7-18-2)13(20)12(19-8)9-3-5-10(6-4-9)14(15,16)17/h3-7,12,19H,1-2H3/t12-/m1/s1. The molecule has 0 spiro atoms. The second-order valence-electron chi connectivity index (χ2n) is 4.49. The summed E-state index contributed by atoms with van der Waals surface area (Å²) in [4.78, 5) is 16.0. The van der Waals surface area contributed by atoms with E-state index in [9.17, 15) is 18.0 Å². The van der Waals surface area contributed by atoms with E-state index in [1.807, 2.05) is 0 Å². The molecule has 2 rings (SSSR count). The van der Waals surface area contributed by atoms with Crippen molar-refractivity contribution in [2.75, 3.05) is 7.05 Å². The Morgan fingerprint density at radius 3 is 2.35 bits per heavy atom. The Hall–Kier alpha value is -2.11. The molecule has 0 saturated heterocycles. The van der Waals surface area contributed by atoms with Crippen LogP contribution >= 0.6 is 0 Å². The maximum Gasteiger partial charge on any atom is 0.416 e. The lowest BCUT2D eigenvalue weighted by Gasteiger charge is -2.13. The van der Waals surface area contributed by atoms with E-state index in [1.54, 1.807) is 14.0 Å². The highest BCUT2D eigenvalue weighted by atomic mass is 19.4. The quantitative estimate of drug-likeness (QED) is 0.847. The molecule has 0 aliphatic carbocycles. The molecule has 0 aromatic heterocycles. The van der Waals surface area contributed by atoms with Gasteiger partial charge in [-0.15, -0.1) is 0 Å². The Morgan fingerprint density at radius 2 is 1.85 bits per heavy atom. The van der Waals surface area contributed by atoms with Crippen molar-refractivity contribution in [3.05, 3.63) is 46.7 Å². The van der Waals surface area contributed by atoms with Crippen LogP contribution in [0.4, 0.5) is 13.2 Å². The number of nitrogens with one attached hydrogen (secondary N) is 1. The first-order valence-electron chi connectivity index (χ1n) is 5.95. The molecule has 0 saturated carbocycles. The highest BCUT2D eigenvalue weighted by molar-refractivity contribution is 6.18. The molecule has 0 bridgehead atoms. The fraction of sp³-hybridized carbons (Fsp3) is 0.286. The smallest absolute Gasteiger partial charge is 0.374 e.